The normalized spacial score (nSPS) is 12.7. The van der Waals surface area contributed by atoms with Crippen LogP contribution in [0.5, 0.6) is 0 Å². The zero-order valence-electron chi connectivity index (χ0n) is 10.8. The van der Waals surface area contributed by atoms with Crippen molar-refractivity contribution >= 4 is 21.6 Å². The van der Waals surface area contributed by atoms with Crippen molar-refractivity contribution in [1.29, 1.82) is 0 Å². The molecule has 0 saturated heterocycles. The highest BCUT2D eigenvalue weighted by atomic mass is 35.5. The Hall–Kier alpha value is -1.09. The summed E-state index contributed by atoms with van der Waals surface area (Å²) in [5.41, 5.74) is -1.12. The smallest absolute Gasteiger partial charge is 0.395 e. The summed E-state index contributed by atoms with van der Waals surface area (Å²) in [4.78, 5) is -0.658. The van der Waals surface area contributed by atoms with Crippen LogP contribution in [0.25, 0.3) is 0 Å². The summed E-state index contributed by atoms with van der Waals surface area (Å²) >= 11 is 5.71. The molecule has 118 valence electrons. The van der Waals surface area contributed by atoms with Crippen LogP contribution < -0.4 is 0 Å². The Morgan fingerprint density at radius 1 is 1.38 bits per heavy atom. The maximum atomic E-state index is 12.7. The van der Waals surface area contributed by atoms with Crippen LogP contribution in [-0.2, 0) is 16.2 Å². The third-order valence-electron chi connectivity index (χ3n) is 2.56. The van der Waals surface area contributed by atoms with Crippen LogP contribution in [0.4, 0.5) is 13.2 Å². The lowest BCUT2D eigenvalue weighted by atomic mass is 10.2. The highest BCUT2D eigenvalue weighted by molar-refractivity contribution is 7.89. The number of hydrogen-bond acceptors (Lipinski definition) is 3. The van der Waals surface area contributed by atoms with Crippen LogP contribution in [0.2, 0.25) is 5.02 Å². The molecule has 0 aliphatic rings. The van der Waals surface area contributed by atoms with Gasteiger partial charge < -0.3 is 5.11 Å². The van der Waals surface area contributed by atoms with E-state index in [2.05, 4.69) is 6.58 Å². The summed E-state index contributed by atoms with van der Waals surface area (Å²) < 4.78 is 63.5. The maximum absolute atomic E-state index is 12.7. The largest absolute Gasteiger partial charge is 0.416 e. The van der Waals surface area contributed by atoms with Gasteiger partial charge in [0.05, 0.1) is 17.2 Å². The fourth-order valence-electron chi connectivity index (χ4n) is 1.58. The standard InChI is InChI=1S/C12H13ClF3NO3S/c1-2-5-17(6-7-18)21(19,20)11-8-9(12(14,15)16)3-4-10(11)13/h2-4,8,18H,1,5-7H2. The molecule has 0 atom stereocenters. The van der Waals surface area contributed by atoms with E-state index in [1.54, 1.807) is 0 Å². The van der Waals surface area contributed by atoms with Gasteiger partial charge in [-0.2, -0.15) is 17.5 Å². The summed E-state index contributed by atoms with van der Waals surface area (Å²) in [5, 5.41) is 8.55. The number of sulfonamides is 1. The van der Waals surface area contributed by atoms with Gasteiger partial charge in [-0.25, -0.2) is 8.42 Å². The van der Waals surface area contributed by atoms with Gasteiger partial charge in [-0.05, 0) is 18.2 Å². The summed E-state index contributed by atoms with van der Waals surface area (Å²) in [6, 6.07) is 2.05. The van der Waals surface area contributed by atoms with Crippen LogP contribution in [0.1, 0.15) is 5.56 Å². The molecule has 1 aromatic rings. The predicted octanol–water partition coefficient (Wildman–Crippen LogP) is 2.53. The first kappa shape index (κ1) is 18.0. The number of aliphatic hydroxyl groups excluding tert-OH is 1. The molecule has 0 radical (unpaired) electrons. The van der Waals surface area contributed by atoms with Gasteiger partial charge in [-0.15, -0.1) is 6.58 Å². The Labute approximate surface area is 125 Å². The SMILES string of the molecule is C=CCN(CCO)S(=O)(=O)c1cc(C(F)(F)F)ccc1Cl. The van der Waals surface area contributed by atoms with Gasteiger partial charge in [0.1, 0.15) is 4.90 Å². The molecule has 0 aromatic heterocycles. The minimum atomic E-state index is -4.69. The first-order chi connectivity index (χ1) is 9.64. The molecule has 1 rings (SSSR count). The number of aliphatic hydroxyl groups is 1. The minimum absolute atomic E-state index is 0.157. The van der Waals surface area contributed by atoms with Crippen LogP contribution >= 0.6 is 11.6 Å². The van der Waals surface area contributed by atoms with Crippen molar-refractivity contribution < 1.29 is 26.7 Å². The molecule has 0 bridgehead atoms. The molecule has 21 heavy (non-hydrogen) atoms. The van der Waals surface area contributed by atoms with E-state index in [0.29, 0.717) is 12.1 Å². The molecule has 0 aliphatic carbocycles. The van der Waals surface area contributed by atoms with Gasteiger partial charge in [0.15, 0.2) is 0 Å². The van der Waals surface area contributed by atoms with Gasteiger partial charge in [-0.3, -0.25) is 0 Å². The van der Waals surface area contributed by atoms with Crippen molar-refractivity contribution in [2.24, 2.45) is 0 Å². The van der Waals surface area contributed by atoms with E-state index in [0.717, 1.165) is 10.4 Å². The van der Waals surface area contributed by atoms with E-state index in [9.17, 15) is 21.6 Å². The molecule has 0 saturated carbocycles. The van der Waals surface area contributed by atoms with Gasteiger partial charge in [0.2, 0.25) is 10.0 Å². The molecule has 1 N–H and O–H groups in total. The van der Waals surface area contributed by atoms with Gasteiger partial charge in [-0.1, -0.05) is 17.7 Å². The number of hydrogen-bond donors (Lipinski definition) is 1. The van der Waals surface area contributed by atoms with E-state index in [-0.39, 0.29) is 18.1 Å². The molecule has 0 aliphatic heterocycles. The maximum Gasteiger partial charge on any atom is 0.416 e. The molecule has 0 fully saturated rings. The lowest BCUT2D eigenvalue weighted by molar-refractivity contribution is -0.137. The lowest BCUT2D eigenvalue weighted by Crippen LogP contribution is -2.34. The van der Waals surface area contributed by atoms with Crippen LogP contribution in [0.15, 0.2) is 35.7 Å². The lowest BCUT2D eigenvalue weighted by Gasteiger charge is -2.21. The molecule has 0 spiro atoms. The van der Waals surface area contributed by atoms with Crippen molar-refractivity contribution in [3.8, 4) is 0 Å². The summed E-state index contributed by atoms with van der Waals surface area (Å²) in [6.07, 6.45) is -3.43. The first-order valence-electron chi connectivity index (χ1n) is 5.73. The highest BCUT2D eigenvalue weighted by Crippen LogP contribution is 2.34. The molecule has 1 aromatic carbocycles. The fourth-order valence-corrected chi connectivity index (χ4v) is 3.48. The highest BCUT2D eigenvalue weighted by Gasteiger charge is 2.34. The van der Waals surface area contributed by atoms with Crippen LogP contribution in [0.3, 0.4) is 0 Å². The molecule has 4 nitrogen and oxygen atoms in total. The zero-order valence-corrected chi connectivity index (χ0v) is 12.3. The zero-order chi connectivity index (χ0) is 16.3. The third kappa shape index (κ3) is 4.19. The molecule has 9 heteroatoms. The van der Waals surface area contributed by atoms with Crippen molar-refractivity contribution in [2.45, 2.75) is 11.1 Å². The Balaban J connectivity index is 3.38. The second-order valence-electron chi connectivity index (χ2n) is 4.02. The molecular formula is C12H13ClF3NO3S. The Morgan fingerprint density at radius 3 is 2.48 bits per heavy atom. The van der Waals surface area contributed by atoms with Crippen molar-refractivity contribution in [3.05, 3.63) is 41.4 Å². The Kier molecular flexibility index (Phi) is 5.80. The van der Waals surface area contributed by atoms with Gasteiger partial charge in [0.25, 0.3) is 0 Å². The average molecular weight is 344 g/mol. The quantitative estimate of drug-likeness (QED) is 0.807. The summed E-state index contributed by atoms with van der Waals surface area (Å²) in [5.74, 6) is 0. The van der Waals surface area contributed by atoms with E-state index < -0.39 is 33.3 Å². The topological polar surface area (TPSA) is 57.6 Å². The predicted molar refractivity (Wildman–Crippen MR) is 72.5 cm³/mol. The van der Waals surface area contributed by atoms with Crippen molar-refractivity contribution in [1.82, 2.24) is 4.31 Å². The number of rotatable bonds is 6. The van der Waals surface area contributed by atoms with Crippen molar-refractivity contribution in [3.63, 3.8) is 0 Å². The Bertz CT molecular complexity index is 617. The number of benzene rings is 1. The van der Waals surface area contributed by atoms with E-state index in [1.807, 2.05) is 0 Å². The monoisotopic (exact) mass is 343 g/mol. The molecule has 0 heterocycles. The van der Waals surface area contributed by atoms with Gasteiger partial charge >= 0.3 is 6.18 Å². The first-order valence-corrected chi connectivity index (χ1v) is 7.55. The fraction of sp³-hybridized carbons (Fsp3) is 0.333. The number of alkyl halides is 3. The molecule has 0 amide bonds. The Morgan fingerprint density at radius 2 is 2.00 bits per heavy atom. The second kappa shape index (κ2) is 6.78. The van der Waals surface area contributed by atoms with Crippen LogP contribution in [0, 0.1) is 0 Å². The number of nitrogens with zero attached hydrogens (tertiary/aromatic N) is 1. The van der Waals surface area contributed by atoms with Crippen molar-refractivity contribution in [2.75, 3.05) is 19.7 Å². The van der Waals surface area contributed by atoms with Gasteiger partial charge in [0, 0.05) is 13.1 Å². The molecular weight excluding hydrogens is 331 g/mol. The third-order valence-corrected chi connectivity index (χ3v) is 4.91. The minimum Gasteiger partial charge on any atom is -0.395 e. The van der Waals surface area contributed by atoms with Crippen LogP contribution in [-0.4, -0.2) is 37.5 Å². The molecule has 0 unspecified atom stereocenters. The average Bonchev–Trinajstić information content (AvgIpc) is 2.37. The van der Waals surface area contributed by atoms with E-state index in [4.69, 9.17) is 16.7 Å². The number of halogens is 4. The summed E-state index contributed by atoms with van der Waals surface area (Å²) in [7, 11) is -4.27. The van der Waals surface area contributed by atoms with E-state index in [1.165, 1.54) is 6.08 Å². The summed E-state index contributed by atoms with van der Waals surface area (Å²) in [6.45, 7) is 2.45. The second-order valence-corrected chi connectivity index (χ2v) is 6.33. The van der Waals surface area contributed by atoms with E-state index >= 15 is 0 Å².